The number of Topliss-reactive ketones (excluding diaryl/α,β-unsaturated/α-hetero) is 2. The predicted molar refractivity (Wildman–Crippen MR) is 67.4 cm³/mol. The topological polar surface area (TPSA) is 52.0 Å². The number of rotatable bonds is 4. The summed E-state index contributed by atoms with van der Waals surface area (Å²) >= 11 is 0. The van der Waals surface area contributed by atoms with Gasteiger partial charge in [0.2, 0.25) is 0 Å². The maximum absolute atomic E-state index is 12.8. The van der Waals surface area contributed by atoms with Gasteiger partial charge < -0.3 is 4.57 Å². The molecule has 1 atom stereocenters. The molecule has 0 aliphatic carbocycles. The molecule has 98 valence electrons. The molecule has 0 spiro atoms. The number of aryl methyl sites for hydroxylation is 1. The lowest BCUT2D eigenvalue weighted by Gasteiger charge is -2.07. The van der Waals surface area contributed by atoms with E-state index < -0.39 is 11.7 Å². The highest BCUT2D eigenvalue weighted by molar-refractivity contribution is 6.15. The van der Waals surface area contributed by atoms with Crippen molar-refractivity contribution in [3.05, 3.63) is 53.9 Å². The molecule has 0 saturated heterocycles. The van der Waals surface area contributed by atoms with E-state index in [2.05, 4.69) is 4.98 Å². The Kier molecular flexibility index (Phi) is 3.55. The summed E-state index contributed by atoms with van der Waals surface area (Å²) in [6.07, 6.45) is 3.07. The van der Waals surface area contributed by atoms with Crippen molar-refractivity contribution in [1.82, 2.24) is 9.55 Å². The van der Waals surface area contributed by atoms with E-state index in [0.717, 1.165) is 0 Å². The van der Waals surface area contributed by atoms with Crippen LogP contribution in [0.15, 0.2) is 36.8 Å². The highest BCUT2D eigenvalue weighted by atomic mass is 19.1. The van der Waals surface area contributed by atoms with Crippen LogP contribution < -0.4 is 0 Å². The molecule has 1 unspecified atom stereocenters. The van der Waals surface area contributed by atoms with Crippen LogP contribution in [0.4, 0.5) is 4.39 Å². The van der Waals surface area contributed by atoms with E-state index in [1.807, 2.05) is 0 Å². The van der Waals surface area contributed by atoms with Gasteiger partial charge in [-0.25, -0.2) is 9.37 Å². The number of hydrogen-bond donors (Lipinski definition) is 0. The number of ketones is 2. The molecule has 1 heterocycles. The molecular weight excluding hydrogens is 247 g/mol. The molecule has 0 amide bonds. The Hall–Kier alpha value is -2.30. The van der Waals surface area contributed by atoms with E-state index in [1.165, 1.54) is 37.5 Å². The van der Waals surface area contributed by atoms with Crippen molar-refractivity contribution >= 4 is 11.6 Å². The second kappa shape index (κ2) is 5.14. The van der Waals surface area contributed by atoms with Crippen LogP contribution in [0, 0.1) is 11.7 Å². The van der Waals surface area contributed by atoms with Crippen molar-refractivity contribution in [1.29, 1.82) is 0 Å². The monoisotopic (exact) mass is 260 g/mol. The normalized spacial score (nSPS) is 12.2. The SMILES string of the molecule is CC(C(=O)c1ccc(F)cc1)C(=O)c1cn(C)cn1. The van der Waals surface area contributed by atoms with E-state index in [4.69, 9.17) is 0 Å². The van der Waals surface area contributed by atoms with Crippen LogP contribution >= 0.6 is 0 Å². The van der Waals surface area contributed by atoms with Gasteiger partial charge in [0.15, 0.2) is 11.6 Å². The highest BCUT2D eigenvalue weighted by Gasteiger charge is 2.25. The Morgan fingerprint density at radius 3 is 2.37 bits per heavy atom. The molecule has 2 rings (SSSR count). The zero-order valence-electron chi connectivity index (χ0n) is 10.6. The van der Waals surface area contributed by atoms with E-state index in [-0.39, 0.29) is 17.3 Å². The molecule has 1 aromatic carbocycles. The first-order chi connectivity index (χ1) is 8.99. The van der Waals surface area contributed by atoms with Crippen LogP contribution in [0.5, 0.6) is 0 Å². The first kappa shape index (κ1) is 13.1. The molecule has 19 heavy (non-hydrogen) atoms. The van der Waals surface area contributed by atoms with Crippen molar-refractivity contribution in [2.75, 3.05) is 0 Å². The molecule has 0 fully saturated rings. The quantitative estimate of drug-likeness (QED) is 0.626. The largest absolute Gasteiger partial charge is 0.340 e. The lowest BCUT2D eigenvalue weighted by Crippen LogP contribution is -2.21. The van der Waals surface area contributed by atoms with Gasteiger partial charge in [0.25, 0.3) is 0 Å². The summed E-state index contributed by atoms with van der Waals surface area (Å²) in [7, 11) is 1.75. The molecule has 0 aliphatic rings. The lowest BCUT2D eigenvalue weighted by molar-refractivity contribution is 0.0818. The first-order valence-electron chi connectivity index (χ1n) is 5.81. The number of hydrogen-bond acceptors (Lipinski definition) is 3. The van der Waals surface area contributed by atoms with Crippen LogP contribution in [0.3, 0.4) is 0 Å². The van der Waals surface area contributed by atoms with Gasteiger partial charge in [0, 0.05) is 18.8 Å². The fraction of sp³-hybridized carbons (Fsp3) is 0.214. The third kappa shape index (κ3) is 2.76. The zero-order valence-corrected chi connectivity index (χ0v) is 10.6. The molecule has 0 N–H and O–H groups in total. The number of carbonyl (C=O) groups is 2. The molecule has 5 heteroatoms. The number of carbonyl (C=O) groups excluding carboxylic acids is 2. The minimum Gasteiger partial charge on any atom is -0.340 e. The fourth-order valence-corrected chi connectivity index (χ4v) is 1.75. The second-order valence-electron chi connectivity index (χ2n) is 4.38. The van der Waals surface area contributed by atoms with Crippen LogP contribution in [-0.4, -0.2) is 21.1 Å². The van der Waals surface area contributed by atoms with Gasteiger partial charge in [-0.15, -0.1) is 0 Å². The van der Waals surface area contributed by atoms with Gasteiger partial charge in [0.1, 0.15) is 11.5 Å². The maximum atomic E-state index is 12.8. The Bertz CT molecular complexity index is 617. The van der Waals surface area contributed by atoms with Crippen molar-refractivity contribution < 1.29 is 14.0 Å². The van der Waals surface area contributed by atoms with Crippen molar-refractivity contribution in [3.63, 3.8) is 0 Å². The fourth-order valence-electron chi connectivity index (χ4n) is 1.75. The molecule has 4 nitrogen and oxygen atoms in total. The standard InChI is InChI=1S/C14H13FN2O2/c1-9(14(19)12-7-17(2)8-16-12)13(18)10-3-5-11(15)6-4-10/h3-9H,1-2H3. The molecule has 2 aromatic rings. The van der Waals surface area contributed by atoms with Crippen LogP contribution in [0.1, 0.15) is 27.8 Å². The van der Waals surface area contributed by atoms with Gasteiger partial charge in [-0.05, 0) is 31.2 Å². The number of halogens is 1. The van der Waals surface area contributed by atoms with Gasteiger partial charge in [-0.3, -0.25) is 9.59 Å². The summed E-state index contributed by atoms with van der Waals surface area (Å²) in [5.41, 5.74) is 0.573. The number of aromatic nitrogens is 2. The maximum Gasteiger partial charge on any atom is 0.193 e. The second-order valence-corrected chi connectivity index (χ2v) is 4.38. The van der Waals surface area contributed by atoms with Gasteiger partial charge in [-0.2, -0.15) is 0 Å². The third-order valence-electron chi connectivity index (χ3n) is 2.87. The molecule has 0 aliphatic heterocycles. The van der Waals surface area contributed by atoms with Gasteiger partial charge in [-0.1, -0.05) is 0 Å². The van der Waals surface area contributed by atoms with Gasteiger partial charge in [0.05, 0.1) is 12.2 Å². The molecule has 1 aromatic heterocycles. The summed E-state index contributed by atoms with van der Waals surface area (Å²) in [6.45, 7) is 1.53. The summed E-state index contributed by atoms with van der Waals surface area (Å²) in [4.78, 5) is 28.1. The predicted octanol–water partition coefficient (Wildman–Crippen LogP) is 2.26. The summed E-state index contributed by atoms with van der Waals surface area (Å²) in [5.74, 6) is -1.92. The Morgan fingerprint density at radius 2 is 1.84 bits per heavy atom. The van der Waals surface area contributed by atoms with Gasteiger partial charge >= 0.3 is 0 Å². The summed E-state index contributed by atoms with van der Waals surface area (Å²) in [6, 6.07) is 5.15. The minimum atomic E-state index is -0.833. The highest BCUT2D eigenvalue weighted by Crippen LogP contribution is 2.14. The van der Waals surface area contributed by atoms with Crippen LogP contribution in [0.25, 0.3) is 0 Å². The zero-order chi connectivity index (χ0) is 14.0. The third-order valence-corrected chi connectivity index (χ3v) is 2.87. The molecule has 0 radical (unpaired) electrons. The number of nitrogens with zero attached hydrogens (tertiary/aromatic N) is 2. The van der Waals surface area contributed by atoms with E-state index in [1.54, 1.807) is 17.8 Å². The van der Waals surface area contributed by atoms with Crippen molar-refractivity contribution in [3.8, 4) is 0 Å². The Balaban J connectivity index is 2.19. The van der Waals surface area contributed by atoms with Crippen LogP contribution in [-0.2, 0) is 7.05 Å². The first-order valence-corrected chi connectivity index (χ1v) is 5.81. The van der Waals surface area contributed by atoms with Crippen molar-refractivity contribution in [2.24, 2.45) is 13.0 Å². The van der Waals surface area contributed by atoms with E-state index in [9.17, 15) is 14.0 Å². The molecule has 0 bridgehead atoms. The number of imidazole rings is 1. The van der Waals surface area contributed by atoms with E-state index in [0.29, 0.717) is 5.56 Å². The average Bonchev–Trinajstić information content (AvgIpc) is 2.84. The molecule has 0 saturated carbocycles. The van der Waals surface area contributed by atoms with Crippen LogP contribution in [0.2, 0.25) is 0 Å². The summed E-state index contributed by atoms with van der Waals surface area (Å²) in [5, 5.41) is 0. The average molecular weight is 260 g/mol. The number of benzene rings is 1. The van der Waals surface area contributed by atoms with Crippen molar-refractivity contribution in [2.45, 2.75) is 6.92 Å². The lowest BCUT2D eigenvalue weighted by atomic mass is 9.94. The molecular formula is C14H13FN2O2. The summed E-state index contributed by atoms with van der Waals surface area (Å²) < 4.78 is 14.4. The van der Waals surface area contributed by atoms with E-state index >= 15 is 0 Å². The Labute approximate surface area is 109 Å². The minimum absolute atomic E-state index is 0.255. The Morgan fingerprint density at radius 1 is 1.21 bits per heavy atom. The smallest absolute Gasteiger partial charge is 0.193 e.